The number of piperidine rings is 1. The molecule has 1 aliphatic heterocycles. The third-order valence-corrected chi connectivity index (χ3v) is 4.16. The summed E-state index contributed by atoms with van der Waals surface area (Å²) in [5.74, 6) is -0.153. The van der Waals surface area contributed by atoms with Crippen molar-refractivity contribution in [3.8, 4) is 18.2 Å². The number of anilines is 1. The summed E-state index contributed by atoms with van der Waals surface area (Å²) in [5.41, 5.74) is 0.632. The average molecular weight is 348 g/mol. The number of nitrogens with zero attached hydrogens (tertiary/aromatic N) is 4. The number of rotatable bonds is 6. The fourth-order valence-corrected chi connectivity index (χ4v) is 2.75. The first kappa shape index (κ1) is 19.0. The van der Waals surface area contributed by atoms with Crippen molar-refractivity contribution >= 4 is 11.6 Å². The number of likely N-dealkylation sites (tertiary alicyclic amines) is 1. The van der Waals surface area contributed by atoms with Crippen molar-refractivity contribution in [2.24, 2.45) is 0 Å². The van der Waals surface area contributed by atoms with E-state index in [2.05, 4.69) is 15.5 Å². The van der Waals surface area contributed by atoms with E-state index >= 15 is 0 Å². The van der Waals surface area contributed by atoms with Gasteiger partial charge in [-0.05, 0) is 50.2 Å². The highest BCUT2D eigenvalue weighted by Crippen LogP contribution is 2.14. The van der Waals surface area contributed by atoms with E-state index in [9.17, 15) is 4.79 Å². The maximum absolute atomic E-state index is 12.2. The Balaban J connectivity index is 1.89. The van der Waals surface area contributed by atoms with Gasteiger partial charge in [0.25, 0.3) is 5.91 Å². The molecule has 0 atom stereocenters. The van der Waals surface area contributed by atoms with Crippen LogP contribution in [0.4, 0.5) is 5.69 Å². The van der Waals surface area contributed by atoms with Crippen LogP contribution in [0.3, 0.4) is 0 Å². The maximum Gasteiger partial charge on any atom is 0.251 e. The molecule has 1 aliphatic rings. The van der Waals surface area contributed by atoms with E-state index in [1.54, 1.807) is 42.5 Å². The standard InChI is InChI=1S/C19H20N6O/c20-12-16(13-21)18(14-22)24-17-6-4-15(5-7-17)19(26)23-8-11-25-9-2-1-3-10-25/h4-7,24H,1-3,8-11H2,(H,23,26). The first-order chi connectivity index (χ1) is 12.7. The highest BCUT2D eigenvalue weighted by Gasteiger charge is 2.11. The predicted octanol–water partition coefficient (Wildman–Crippen LogP) is 2.14. The monoisotopic (exact) mass is 348 g/mol. The Morgan fingerprint density at radius 2 is 1.65 bits per heavy atom. The van der Waals surface area contributed by atoms with Crippen LogP contribution >= 0.6 is 0 Å². The quantitative estimate of drug-likeness (QED) is 0.761. The van der Waals surface area contributed by atoms with Crippen molar-refractivity contribution in [2.45, 2.75) is 19.3 Å². The number of nitriles is 3. The molecule has 0 aliphatic carbocycles. The summed E-state index contributed by atoms with van der Waals surface area (Å²) in [6, 6.07) is 11.6. The topological polar surface area (TPSA) is 116 Å². The van der Waals surface area contributed by atoms with Crippen LogP contribution < -0.4 is 10.6 Å². The molecule has 0 radical (unpaired) electrons. The van der Waals surface area contributed by atoms with Gasteiger partial charge >= 0.3 is 0 Å². The Bertz CT molecular complexity index is 769. The molecule has 7 nitrogen and oxygen atoms in total. The van der Waals surface area contributed by atoms with Crippen molar-refractivity contribution in [3.05, 3.63) is 41.1 Å². The van der Waals surface area contributed by atoms with Gasteiger partial charge < -0.3 is 15.5 Å². The molecule has 0 bridgehead atoms. The van der Waals surface area contributed by atoms with Gasteiger partial charge in [-0.1, -0.05) is 6.42 Å². The van der Waals surface area contributed by atoms with E-state index < -0.39 is 0 Å². The molecule has 1 heterocycles. The lowest BCUT2D eigenvalue weighted by Crippen LogP contribution is -2.37. The SMILES string of the molecule is N#CC(C#N)=C(C#N)Nc1ccc(C(=O)NCCN2CCCCC2)cc1. The summed E-state index contributed by atoms with van der Waals surface area (Å²) in [6.45, 7) is 3.65. The second-order valence-corrected chi connectivity index (χ2v) is 5.95. The molecule has 26 heavy (non-hydrogen) atoms. The van der Waals surface area contributed by atoms with Gasteiger partial charge in [0, 0.05) is 24.3 Å². The second kappa shape index (κ2) is 9.84. The Morgan fingerprint density at radius 3 is 2.23 bits per heavy atom. The van der Waals surface area contributed by atoms with Crippen molar-refractivity contribution in [1.29, 1.82) is 15.8 Å². The van der Waals surface area contributed by atoms with Crippen LogP contribution in [0.15, 0.2) is 35.5 Å². The maximum atomic E-state index is 12.2. The van der Waals surface area contributed by atoms with Crippen molar-refractivity contribution < 1.29 is 4.79 Å². The predicted molar refractivity (Wildman–Crippen MR) is 96.6 cm³/mol. The van der Waals surface area contributed by atoms with Crippen LogP contribution in [0.5, 0.6) is 0 Å². The van der Waals surface area contributed by atoms with Gasteiger partial charge in [-0.15, -0.1) is 0 Å². The summed E-state index contributed by atoms with van der Waals surface area (Å²) in [7, 11) is 0. The van der Waals surface area contributed by atoms with Crippen LogP contribution in [-0.2, 0) is 0 Å². The Kier molecular flexibility index (Phi) is 7.18. The van der Waals surface area contributed by atoms with Crippen LogP contribution in [-0.4, -0.2) is 37.0 Å². The lowest BCUT2D eigenvalue weighted by atomic mass is 10.1. The fourth-order valence-electron chi connectivity index (χ4n) is 2.75. The Labute approximate surface area is 153 Å². The largest absolute Gasteiger partial charge is 0.351 e. The number of nitrogens with one attached hydrogen (secondary N) is 2. The van der Waals surface area contributed by atoms with E-state index in [0.29, 0.717) is 17.8 Å². The zero-order chi connectivity index (χ0) is 18.8. The van der Waals surface area contributed by atoms with Crippen molar-refractivity contribution in [1.82, 2.24) is 10.2 Å². The average Bonchev–Trinajstić information content (AvgIpc) is 2.69. The van der Waals surface area contributed by atoms with Crippen LogP contribution in [0.25, 0.3) is 0 Å². The normalized spacial score (nSPS) is 13.6. The number of amides is 1. The zero-order valence-electron chi connectivity index (χ0n) is 14.5. The molecule has 0 saturated carbocycles. The van der Waals surface area contributed by atoms with E-state index in [0.717, 1.165) is 19.6 Å². The first-order valence-corrected chi connectivity index (χ1v) is 8.50. The number of hydrogen-bond acceptors (Lipinski definition) is 6. The van der Waals surface area contributed by atoms with E-state index in [1.807, 2.05) is 0 Å². The first-order valence-electron chi connectivity index (χ1n) is 8.50. The van der Waals surface area contributed by atoms with E-state index in [1.165, 1.54) is 19.3 Å². The molecule has 0 aromatic heterocycles. The van der Waals surface area contributed by atoms with Gasteiger partial charge in [0.15, 0.2) is 5.57 Å². The van der Waals surface area contributed by atoms with Gasteiger partial charge in [-0.3, -0.25) is 4.79 Å². The molecule has 0 spiro atoms. The second-order valence-electron chi connectivity index (χ2n) is 5.95. The van der Waals surface area contributed by atoms with Gasteiger partial charge in [0.05, 0.1) is 0 Å². The zero-order valence-corrected chi connectivity index (χ0v) is 14.5. The third kappa shape index (κ3) is 5.34. The Hall–Kier alpha value is -3.34. The fraction of sp³-hybridized carbons (Fsp3) is 0.368. The Morgan fingerprint density at radius 1 is 1.00 bits per heavy atom. The van der Waals surface area contributed by atoms with Gasteiger partial charge in [0.1, 0.15) is 23.9 Å². The summed E-state index contributed by atoms with van der Waals surface area (Å²) in [5, 5.41) is 32.3. The molecule has 1 amide bonds. The molecular weight excluding hydrogens is 328 g/mol. The summed E-state index contributed by atoms with van der Waals surface area (Å²) < 4.78 is 0. The minimum Gasteiger partial charge on any atom is -0.351 e. The minimum atomic E-state index is -0.285. The van der Waals surface area contributed by atoms with Crippen LogP contribution in [0.2, 0.25) is 0 Å². The lowest BCUT2D eigenvalue weighted by Gasteiger charge is -2.26. The molecule has 7 heteroatoms. The van der Waals surface area contributed by atoms with Crippen molar-refractivity contribution in [3.63, 3.8) is 0 Å². The molecular formula is C19H20N6O. The molecule has 1 fully saturated rings. The third-order valence-electron chi connectivity index (χ3n) is 4.16. The highest BCUT2D eigenvalue weighted by atomic mass is 16.1. The van der Waals surface area contributed by atoms with Crippen LogP contribution in [0.1, 0.15) is 29.6 Å². The highest BCUT2D eigenvalue weighted by molar-refractivity contribution is 5.94. The summed E-state index contributed by atoms with van der Waals surface area (Å²) in [6.07, 6.45) is 3.73. The molecule has 1 saturated heterocycles. The number of carbonyl (C=O) groups excluding carboxylic acids is 1. The van der Waals surface area contributed by atoms with Gasteiger partial charge in [-0.2, -0.15) is 15.8 Å². The van der Waals surface area contributed by atoms with E-state index in [-0.39, 0.29) is 17.2 Å². The van der Waals surface area contributed by atoms with E-state index in [4.69, 9.17) is 15.8 Å². The number of allylic oxidation sites excluding steroid dienone is 2. The number of carbonyl (C=O) groups is 1. The number of benzene rings is 1. The smallest absolute Gasteiger partial charge is 0.251 e. The van der Waals surface area contributed by atoms with Crippen molar-refractivity contribution in [2.75, 3.05) is 31.5 Å². The lowest BCUT2D eigenvalue weighted by molar-refractivity contribution is 0.0946. The summed E-state index contributed by atoms with van der Waals surface area (Å²) >= 11 is 0. The molecule has 2 rings (SSSR count). The molecule has 1 aromatic carbocycles. The number of hydrogen-bond donors (Lipinski definition) is 2. The molecule has 1 aromatic rings. The van der Waals surface area contributed by atoms with Crippen LogP contribution in [0, 0.1) is 34.0 Å². The molecule has 0 unspecified atom stereocenters. The summed E-state index contributed by atoms with van der Waals surface area (Å²) in [4.78, 5) is 14.5. The molecule has 2 N–H and O–H groups in total. The molecule has 132 valence electrons. The van der Waals surface area contributed by atoms with Gasteiger partial charge in [-0.25, -0.2) is 0 Å². The minimum absolute atomic E-state index is 0.117. The van der Waals surface area contributed by atoms with Gasteiger partial charge in [0.2, 0.25) is 0 Å².